The van der Waals surface area contributed by atoms with Gasteiger partial charge in [-0.1, -0.05) is 66.2 Å². The molecule has 2 N–H and O–H groups in total. The lowest BCUT2D eigenvalue weighted by Crippen LogP contribution is -2.32. The van der Waals surface area contributed by atoms with Gasteiger partial charge in [-0.25, -0.2) is 0 Å². The second-order valence-corrected chi connectivity index (χ2v) is 7.49. The lowest BCUT2D eigenvalue weighted by atomic mass is 10.0. The van der Waals surface area contributed by atoms with Crippen molar-refractivity contribution in [3.8, 4) is 0 Å². The first-order valence-electron chi connectivity index (χ1n) is 9.62. The third-order valence-corrected chi connectivity index (χ3v) is 5.00. The fourth-order valence-corrected chi connectivity index (χ4v) is 3.40. The maximum absolute atomic E-state index is 12.8. The van der Waals surface area contributed by atoms with Crippen molar-refractivity contribution in [3.05, 3.63) is 95.0 Å². The highest BCUT2D eigenvalue weighted by Gasteiger charge is 2.21. The maximum Gasteiger partial charge on any atom is 0.253 e. The number of carbonyl (C=O) groups is 2. The van der Waals surface area contributed by atoms with E-state index in [4.69, 9.17) is 11.6 Å². The molecule has 0 spiro atoms. The summed E-state index contributed by atoms with van der Waals surface area (Å²) in [5.41, 5.74) is 2.84. The smallest absolute Gasteiger partial charge is 0.253 e. The highest BCUT2D eigenvalue weighted by Crippen LogP contribution is 2.25. The largest absolute Gasteiger partial charge is 0.376 e. The first-order valence-corrected chi connectivity index (χ1v) is 10.00. The number of rotatable bonds is 7. The van der Waals surface area contributed by atoms with Gasteiger partial charge in [0, 0.05) is 14.1 Å². The Labute approximate surface area is 181 Å². The van der Waals surface area contributed by atoms with Gasteiger partial charge in [0.1, 0.15) is 0 Å². The fraction of sp³-hybridized carbons (Fsp3) is 0.167. The molecule has 0 aromatic heterocycles. The molecule has 0 saturated carbocycles. The fourth-order valence-electron chi connectivity index (χ4n) is 3.17. The number of carbonyl (C=O) groups excluding carboxylic acids is 2. The van der Waals surface area contributed by atoms with Crippen LogP contribution in [0.1, 0.15) is 28.4 Å². The van der Waals surface area contributed by atoms with Gasteiger partial charge in [-0.05, 0) is 29.8 Å². The Balaban J connectivity index is 1.79. The first kappa shape index (κ1) is 21.4. The van der Waals surface area contributed by atoms with Crippen molar-refractivity contribution in [2.75, 3.05) is 24.3 Å². The summed E-state index contributed by atoms with van der Waals surface area (Å²) in [5, 5.41) is 6.28. The molecule has 0 aliphatic carbocycles. The lowest BCUT2D eigenvalue weighted by molar-refractivity contribution is -0.116. The minimum Gasteiger partial charge on any atom is -0.376 e. The van der Waals surface area contributed by atoms with Gasteiger partial charge in [0.05, 0.1) is 34.4 Å². The lowest BCUT2D eigenvalue weighted by Gasteiger charge is -2.21. The molecule has 0 heterocycles. The van der Waals surface area contributed by atoms with E-state index in [1.165, 1.54) is 0 Å². The standard InChI is InChI=1S/C24H24ClN3O2/c1-28(2)22-15-9-8-14-20(22)26-23(29)16-21(17-10-4-3-5-11-17)27-24(30)18-12-6-7-13-19(18)25/h3-15,21H,16H2,1-2H3,(H,26,29)(H,27,30). The summed E-state index contributed by atoms with van der Waals surface area (Å²) in [7, 11) is 3.84. The van der Waals surface area contributed by atoms with Crippen LogP contribution < -0.4 is 15.5 Å². The van der Waals surface area contributed by atoms with Crippen molar-refractivity contribution < 1.29 is 9.59 Å². The molecule has 0 radical (unpaired) electrons. The Morgan fingerprint density at radius 2 is 1.53 bits per heavy atom. The van der Waals surface area contributed by atoms with Gasteiger partial charge >= 0.3 is 0 Å². The molecule has 2 amide bonds. The summed E-state index contributed by atoms with van der Waals surface area (Å²) < 4.78 is 0. The van der Waals surface area contributed by atoms with Gasteiger partial charge in [-0.2, -0.15) is 0 Å². The van der Waals surface area contributed by atoms with Crippen LogP contribution in [-0.2, 0) is 4.79 Å². The zero-order valence-corrected chi connectivity index (χ0v) is 17.7. The molecule has 1 unspecified atom stereocenters. The van der Waals surface area contributed by atoms with Crippen LogP contribution in [0.2, 0.25) is 5.02 Å². The molecule has 0 fully saturated rings. The van der Waals surface area contributed by atoms with E-state index in [1.807, 2.05) is 73.6 Å². The average molecular weight is 422 g/mol. The highest BCUT2D eigenvalue weighted by molar-refractivity contribution is 6.33. The molecule has 5 nitrogen and oxygen atoms in total. The second kappa shape index (κ2) is 9.94. The van der Waals surface area contributed by atoms with E-state index in [-0.39, 0.29) is 18.2 Å². The first-order chi connectivity index (χ1) is 14.5. The monoisotopic (exact) mass is 421 g/mol. The van der Waals surface area contributed by atoms with Gasteiger partial charge < -0.3 is 15.5 Å². The molecule has 0 aliphatic rings. The third-order valence-electron chi connectivity index (χ3n) is 4.68. The predicted octanol–water partition coefficient (Wildman–Crippen LogP) is 4.91. The summed E-state index contributed by atoms with van der Waals surface area (Å²) in [6, 6.07) is 23.3. The minimum absolute atomic E-state index is 0.0853. The topological polar surface area (TPSA) is 61.4 Å². The molecule has 6 heteroatoms. The van der Waals surface area contributed by atoms with E-state index >= 15 is 0 Å². The van der Waals surface area contributed by atoms with Crippen LogP contribution in [0.4, 0.5) is 11.4 Å². The van der Waals surface area contributed by atoms with Crippen molar-refractivity contribution >= 4 is 34.8 Å². The van der Waals surface area contributed by atoms with Gasteiger partial charge in [-0.3, -0.25) is 9.59 Å². The maximum atomic E-state index is 12.8. The number of benzene rings is 3. The number of nitrogens with one attached hydrogen (secondary N) is 2. The van der Waals surface area contributed by atoms with E-state index < -0.39 is 6.04 Å². The van der Waals surface area contributed by atoms with Crippen LogP contribution in [0.5, 0.6) is 0 Å². The molecule has 0 saturated heterocycles. The molecule has 0 bridgehead atoms. The minimum atomic E-state index is -0.499. The quantitative estimate of drug-likeness (QED) is 0.570. The molecule has 0 aliphatic heterocycles. The summed E-state index contributed by atoms with van der Waals surface area (Å²) in [6.07, 6.45) is 0.0853. The van der Waals surface area contributed by atoms with E-state index in [2.05, 4.69) is 10.6 Å². The average Bonchev–Trinajstić information content (AvgIpc) is 2.74. The molecular weight excluding hydrogens is 398 g/mol. The molecule has 154 valence electrons. The second-order valence-electron chi connectivity index (χ2n) is 7.08. The van der Waals surface area contributed by atoms with E-state index in [9.17, 15) is 9.59 Å². The van der Waals surface area contributed by atoms with Crippen molar-refractivity contribution in [1.29, 1.82) is 0 Å². The van der Waals surface area contributed by atoms with Crippen molar-refractivity contribution in [2.45, 2.75) is 12.5 Å². The summed E-state index contributed by atoms with van der Waals surface area (Å²) in [6.45, 7) is 0. The predicted molar refractivity (Wildman–Crippen MR) is 122 cm³/mol. The Hall–Kier alpha value is -3.31. The zero-order valence-electron chi connectivity index (χ0n) is 16.9. The molecule has 1 atom stereocenters. The van der Waals surface area contributed by atoms with Crippen molar-refractivity contribution in [1.82, 2.24) is 5.32 Å². The summed E-state index contributed by atoms with van der Waals surface area (Å²) in [5.74, 6) is -0.520. The molecule has 3 aromatic rings. The van der Waals surface area contributed by atoms with Crippen LogP contribution in [0.15, 0.2) is 78.9 Å². The number of para-hydroxylation sites is 2. The number of amides is 2. The van der Waals surface area contributed by atoms with E-state index in [0.717, 1.165) is 16.9 Å². The Morgan fingerprint density at radius 1 is 0.900 bits per heavy atom. The summed E-state index contributed by atoms with van der Waals surface area (Å²) >= 11 is 6.16. The summed E-state index contributed by atoms with van der Waals surface area (Å²) in [4.78, 5) is 27.6. The van der Waals surface area contributed by atoms with Gasteiger partial charge in [-0.15, -0.1) is 0 Å². The molecular formula is C24H24ClN3O2. The Kier molecular flexibility index (Phi) is 7.09. The van der Waals surface area contributed by atoms with Crippen LogP contribution >= 0.6 is 11.6 Å². The molecule has 30 heavy (non-hydrogen) atoms. The van der Waals surface area contributed by atoms with Crippen molar-refractivity contribution in [3.63, 3.8) is 0 Å². The number of hydrogen-bond acceptors (Lipinski definition) is 3. The van der Waals surface area contributed by atoms with Gasteiger partial charge in [0.25, 0.3) is 5.91 Å². The van der Waals surface area contributed by atoms with Gasteiger partial charge in [0.2, 0.25) is 5.91 Å². The molecule has 3 rings (SSSR count). The van der Waals surface area contributed by atoms with Crippen LogP contribution in [0.25, 0.3) is 0 Å². The van der Waals surface area contributed by atoms with E-state index in [0.29, 0.717) is 10.6 Å². The molecule has 3 aromatic carbocycles. The van der Waals surface area contributed by atoms with Crippen LogP contribution in [0.3, 0.4) is 0 Å². The number of anilines is 2. The van der Waals surface area contributed by atoms with Crippen LogP contribution in [0, 0.1) is 0 Å². The number of hydrogen-bond donors (Lipinski definition) is 2. The van der Waals surface area contributed by atoms with Gasteiger partial charge in [0.15, 0.2) is 0 Å². The van der Waals surface area contributed by atoms with E-state index in [1.54, 1.807) is 24.3 Å². The Bertz CT molecular complexity index is 1020. The van der Waals surface area contributed by atoms with Crippen molar-refractivity contribution in [2.24, 2.45) is 0 Å². The highest BCUT2D eigenvalue weighted by atomic mass is 35.5. The zero-order chi connectivity index (χ0) is 21.5. The normalized spacial score (nSPS) is 11.4. The number of halogens is 1. The number of nitrogens with zero attached hydrogens (tertiary/aromatic N) is 1. The SMILES string of the molecule is CN(C)c1ccccc1NC(=O)CC(NC(=O)c1ccccc1Cl)c1ccccc1. The van der Waals surface area contributed by atoms with Crippen LogP contribution in [-0.4, -0.2) is 25.9 Å². The Morgan fingerprint density at radius 3 is 2.23 bits per heavy atom. The third kappa shape index (κ3) is 5.39.